The predicted octanol–water partition coefficient (Wildman–Crippen LogP) is 2.48. The minimum Gasteiger partial charge on any atom is -0.434 e. The first-order valence-corrected chi connectivity index (χ1v) is 5.66. The van der Waals surface area contributed by atoms with Crippen LogP contribution < -0.4 is 4.74 Å². The summed E-state index contributed by atoms with van der Waals surface area (Å²) in [6, 6.07) is 5.08. The third-order valence-corrected chi connectivity index (χ3v) is 2.18. The van der Waals surface area contributed by atoms with Crippen LogP contribution in [0.2, 0.25) is 0 Å². The van der Waals surface area contributed by atoms with E-state index in [0.717, 1.165) is 6.29 Å². The van der Waals surface area contributed by atoms with Crippen LogP contribution in [0.15, 0.2) is 24.3 Å². The van der Waals surface area contributed by atoms with Crippen molar-refractivity contribution in [2.24, 2.45) is 0 Å². The summed E-state index contributed by atoms with van der Waals surface area (Å²) in [6.07, 6.45) is 1.58. The van der Waals surface area contributed by atoms with Crippen molar-refractivity contribution >= 4 is 18.1 Å². The number of nitrogens with zero attached hydrogens (tertiary/aromatic N) is 1. The molecule has 0 spiro atoms. The first-order chi connectivity index (χ1) is 9.13. The Balaban J connectivity index is 2.31. The van der Waals surface area contributed by atoms with Crippen molar-refractivity contribution in [1.29, 1.82) is 0 Å². The summed E-state index contributed by atoms with van der Waals surface area (Å²) in [5.74, 6) is 0.170. The Hall–Kier alpha value is -2.44. The second-order valence-corrected chi connectivity index (χ2v) is 3.61. The molecule has 7 heteroatoms. The van der Waals surface area contributed by atoms with Gasteiger partial charge in [0.15, 0.2) is 0 Å². The highest BCUT2D eigenvalue weighted by Gasteiger charge is 2.08. The molecular formula is C12H13NO6. The fraction of sp³-hybridized carbons (Fsp3) is 0.333. The molecule has 7 nitrogen and oxygen atoms in total. The number of nitro benzene ring substituents is 1. The number of non-ortho nitro benzene ring substituents is 1. The number of carbonyl (C=O) groups excluding carboxylic acids is 2. The third-order valence-electron chi connectivity index (χ3n) is 2.18. The molecule has 0 amide bonds. The number of hydrogen-bond donors (Lipinski definition) is 0. The Kier molecular flexibility index (Phi) is 6.00. The molecule has 0 saturated carbocycles. The van der Waals surface area contributed by atoms with Crippen molar-refractivity contribution in [1.82, 2.24) is 0 Å². The molecule has 1 rings (SSSR count). The molecule has 0 atom stereocenters. The predicted molar refractivity (Wildman–Crippen MR) is 65.0 cm³/mol. The molecule has 0 fully saturated rings. The molecule has 1 aromatic rings. The van der Waals surface area contributed by atoms with Gasteiger partial charge in [0.2, 0.25) is 0 Å². The van der Waals surface area contributed by atoms with Crippen LogP contribution in [-0.4, -0.2) is 24.0 Å². The Morgan fingerprint density at radius 3 is 2.53 bits per heavy atom. The zero-order valence-electron chi connectivity index (χ0n) is 10.1. The van der Waals surface area contributed by atoms with E-state index in [0.29, 0.717) is 19.3 Å². The van der Waals surface area contributed by atoms with Crippen molar-refractivity contribution in [3.63, 3.8) is 0 Å². The van der Waals surface area contributed by atoms with Crippen molar-refractivity contribution in [3.8, 4) is 5.75 Å². The first kappa shape index (κ1) is 14.6. The maximum atomic E-state index is 11.2. The summed E-state index contributed by atoms with van der Waals surface area (Å²) in [5, 5.41) is 10.4. The molecule has 0 unspecified atom stereocenters. The average molecular weight is 267 g/mol. The Labute approximate surface area is 109 Å². The van der Waals surface area contributed by atoms with E-state index >= 15 is 0 Å². The van der Waals surface area contributed by atoms with Gasteiger partial charge in [0.05, 0.1) is 11.5 Å². The van der Waals surface area contributed by atoms with E-state index in [1.54, 1.807) is 0 Å². The highest BCUT2D eigenvalue weighted by Crippen LogP contribution is 2.17. The van der Waals surface area contributed by atoms with E-state index in [4.69, 9.17) is 9.47 Å². The molecule has 1 aromatic carbocycles. The molecule has 0 bridgehead atoms. The monoisotopic (exact) mass is 267 g/mol. The van der Waals surface area contributed by atoms with Crippen LogP contribution in [0.4, 0.5) is 10.5 Å². The van der Waals surface area contributed by atoms with Crippen molar-refractivity contribution < 1.29 is 24.0 Å². The van der Waals surface area contributed by atoms with Crippen molar-refractivity contribution in [2.45, 2.75) is 19.3 Å². The molecule has 102 valence electrons. The molecule has 0 aliphatic carbocycles. The lowest BCUT2D eigenvalue weighted by molar-refractivity contribution is -0.384. The Morgan fingerprint density at radius 2 is 1.95 bits per heavy atom. The van der Waals surface area contributed by atoms with Gasteiger partial charge >= 0.3 is 6.16 Å². The topological polar surface area (TPSA) is 95.7 Å². The summed E-state index contributed by atoms with van der Waals surface area (Å²) < 4.78 is 9.56. The van der Waals surface area contributed by atoms with Gasteiger partial charge in [0.25, 0.3) is 5.69 Å². The molecule has 0 saturated heterocycles. The van der Waals surface area contributed by atoms with Crippen LogP contribution in [0.25, 0.3) is 0 Å². The lowest BCUT2D eigenvalue weighted by Gasteiger charge is -2.05. The van der Waals surface area contributed by atoms with E-state index in [1.807, 2.05) is 0 Å². The van der Waals surface area contributed by atoms with Crippen LogP contribution in [0.5, 0.6) is 5.75 Å². The van der Waals surface area contributed by atoms with Gasteiger partial charge in [-0.3, -0.25) is 10.1 Å². The summed E-state index contributed by atoms with van der Waals surface area (Å²) in [6.45, 7) is 0.166. The first-order valence-electron chi connectivity index (χ1n) is 5.66. The van der Waals surface area contributed by atoms with Crippen LogP contribution in [-0.2, 0) is 9.53 Å². The minimum absolute atomic E-state index is 0.0884. The second kappa shape index (κ2) is 7.80. The number of nitro groups is 1. The molecule has 0 aromatic heterocycles. The number of carbonyl (C=O) groups is 2. The number of benzene rings is 1. The van der Waals surface area contributed by atoms with Crippen LogP contribution in [0, 0.1) is 10.1 Å². The van der Waals surface area contributed by atoms with E-state index in [9.17, 15) is 19.7 Å². The lowest BCUT2D eigenvalue weighted by atomic mass is 10.3. The molecule has 0 aliphatic rings. The van der Waals surface area contributed by atoms with Gasteiger partial charge in [-0.05, 0) is 25.0 Å². The highest BCUT2D eigenvalue weighted by molar-refractivity contribution is 5.63. The van der Waals surface area contributed by atoms with Gasteiger partial charge in [0.1, 0.15) is 12.0 Å². The van der Waals surface area contributed by atoms with Gasteiger partial charge < -0.3 is 14.3 Å². The summed E-state index contributed by atoms with van der Waals surface area (Å²) in [5.41, 5.74) is -0.0884. The molecule has 0 heterocycles. The Morgan fingerprint density at radius 1 is 1.26 bits per heavy atom. The minimum atomic E-state index is -0.875. The number of ether oxygens (including phenoxy) is 2. The van der Waals surface area contributed by atoms with Gasteiger partial charge in [-0.25, -0.2) is 4.79 Å². The fourth-order valence-corrected chi connectivity index (χ4v) is 1.25. The number of hydrogen-bond acceptors (Lipinski definition) is 6. The van der Waals surface area contributed by atoms with Crippen molar-refractivity contribution in [2.75, 3.05) is 6.61 Å². The average Bonchev–Trinajstić information content (AvgIpc) is 2.39. The molecular weight excluding hydrogens is 254 g/mol. The van der Waals surface area contributed by atoms with E-state index in [2.05, 4.69) is 0 Å². The lowest BCUT2D eigenvalue weighted by Crippen LogP contribution is -2.11. The largest absolute Gasteiger partial charge is 0.513 e. The van der Waals surface area contributed by atoms with Crippen LogP contribution >= 0.6 is 0 Å². The molecule has 0 radical (unpaired) electrons. The quantitative estimate of drug-likeness (QED) is 0.188. The fourth-order valence-electron chi connectivity index (χ4n) is 1.25. The van der Waals surface area contributed by atoms with E-state index in [1.165, 1.54) is 24.3 Å². The van der Waals surface area contributed by atoms with Crippen molar-refractivity contribution in [3.05, 3.63) is 34.4 Å². The highest BCUT2D eigenvalue weighted by atomic mass is 16.7. The number of rotatable bonds is 7. The van der Waals surface area contributed by atoms with Gasteiger partial charge in [-0.2, -0.15) is 0 Å². The van der Waals surface area contributed by atoms with Gasteiger partial charge in [-0.1, -0.05) is 0 Å². The normalized spacial score (nSPS) is 9.68. The maximum Gasteiger partial charge on any atom is 0.513 e. The maximum absolute atomic E-state index is 11.2. The molecule has 0 aliphatic heterocycles. The zero-order valence-corrected chi connectivity index (χ0v) is 10.1. The second-order valence-electron chi connectivity index (χ2n) is 3.61. The molecule has 19 heavy (non-hydrogen) atoms. The standard InChI is InChI=1S/C12H13NO6/c14-8-2-1-3-9-18-12(15)19-11-6-4-10(5-7-11)13(16)17/h4-8H,1-3,9H2. The molecule has 0 N–H and O–H groups in total. The summed E-state index contributed by atoms with van der Waals surface area (Å²) >= 11 is 0. The number of unbranched alkanes of at least 4 members (excludes halogenated alkanes) is 2. The summed E-state index contributed by atoms with van der Waals surface area (Å²) in [7, 11) is 0. The van der Waals surface area contributed by atoms with E-state index in [-0.39, 0.29) is 18.0 Å². The van der Waals surface area contributed by atoms with Gasteiger partial charge in [0, 0.05) is 18.6 Å². The smallest absolute Gasteiger partial charge is 0.434 e. The summed E-state index contributed by atoms with van der Waals surface area (Å²) in [4.78, 5) is 31.1. The van der Waals surface area contributed by atoms with Crippen LogP contribution in [0.3, 0.4) is 0 Å². The SMILES string of the molecule is O=CCCCCOC(=O)Oc1ccc([N+](=O)[O-])cc1. The van der Waals surface area contributed by atoms with E-state index < -0.39 is 11.1 Å². The van der Waals surface area contributed by atoms with Gasteiger partial charge in [-0.15, -0.1) is 0 Å². The van der Waals surface area contributed by atoms with Crippen LogP contribution in [0.1, 0.15) is 19.3 Å². The third kappa shape index (κ3) is 5.62. The number of aldehydes is 1. The Bertz CT molecular complexity index is 442. The zero-order chi connectivity index (χ0) is 14.1.